The van der Waals surface area contributed by atoms with Crippen molar-refractivity contribution in [2.75, 3.05) is 0 Å². The third kappa shape index (κ3) is 2.52. The maximum Gasteiger partial charge on any atom is 0.330 e. The highest BCUT2D eigenvalue weighted by molar-refractivity contribution is 5.41. The minimum Gasteiger partial charge on any atom is -0.468 e. The number of pyridine rings is 1. The summed E-state index contributed by atoms with van der Waals surface area (Å²) >= 11 is 0. The molecule has 0 radical (unpaired) electrons. The van der Waals surface area contributed by atoms with Gasteiger partial charge in [0, 0.05) is 17.8 Å². The molecule has 6 nitrogen and oxygen atoms in total. The normalized spacial score (nSPS) is 23.6. The van der Waals surface area contributed by atoms with Crippen molar-refractivity contribution >= 4 is 5.69 Å². The van der Waals surface area contributed by atoms with Crippen molar-refractivity contribution < 1.29 is 9.66 Å². The Hall–Kier alpha value is -1.69. The van der Waals surface area contributed by atoms with Gasteiger partial charge < -0.3 is 10.5 Å². The fourth-order valence-corrected chi connectivity index (χ4v) is 2.00. The molecule has 1 fully saturated rings. The summed E-state index contributed by atoms with van der Waals surface area (Å²) < 4.78 is 5.58. The summed E-state index contributed by atoms with van der Waals surface area (Å²) in [6.07, 6.45) is 2.55. The van der Waals surface area contributed by atoms with E-state index in [1.165, 1.54) is 6.07 Å². The number of nitrogens with two attached hydrogens (primary N) is 1. The first-order chi connectivity index (χ1) is 8.08. The van der Waals surface area contributed by atoms with Crippen LogP contribution in [0.25, 0.3) is 0 Å². The molecule has 2 N–H and O–H groups in total. The van der Waals surface area contributed by atoms with Crippen molar-refractivity contribution in [2.24, 2.45) is 5.73 Å². The van der Waals surface area contributed by atoms with Crippen LogP contribution in [0.5, 0.6) is 5.88 Å². The lowest BCUT2D eigenvalue weighted by atomic mass is 10.2. The number of nitro groups is 1. The molecule has 2 rings (SSSR count). The summed E-state index contributed by atoms with van der Waals surface area (Å²) in [5, 5.41) is 10.8. The molecule has 0 aliphatic heterocycles. The van der Waals surface area contributed by atoms with Gasteiger partial charge in [0.05, 0.1) is 4.92 Å². The Labute approximate surface area is 98.9 Å². The first-order valence-corrected chi connectivity index (χ1v) is 5.62. The van der Waals surface area contributed by atoms with Crippen LogP contribution < -0.4 is 10.5 Å². The number of hydrogen-bond donors (Lipinski definition) is 1. The van der Waals surface area contributed by atoms with Crippen molar-refractivity contribution in [3.8, 4) is 5.88 Å². The zero-order valence-electron chi connectivity index (χ0n) is 9.63. The Bertz CT molecular complexity index is 436. The van der Waals surface area contributed by atoms with Gasteiger partial charge in [-0.05, 0) is 32.3 Å². The first-order valence-electron chi connectivity index (χ1n) is 5.62. The average molecular weight is 237 g/mol. The molecule has 6 heteroatoms. The van der Waals surface area contributed by atoms with Gasteiger partial charge in [-0.2, -0.15) is 0 Å². The Morgan fingerprint density at radius 3 is 2.88 bits per heavy atom. The smallest absolute Gasteiger partial charge is 0.330 e. The van der Waals surface area contributed by atoms with E-state index in [9.17, 15) is 10.1 Å². The van der Waals surface area contributed by atoms with Gasteiger partial charge in [0.2, 0.25) is 0 Å². The number of aromatic nitrogens is 1. The van der Waals surface area contributed by atoms with Gasteiger partial charge in [0.15, 0.2) is 0 Å². The molecule has 2 unspecified atom stereocenters. The highest BCUT2D eigenvalue weighted by Gasteiger charge is 2.29. The molecule has 1 heterocycles. The maximum atomic E-state index is 10.8. The van der Waals surface area contributed by atoms with Crippen LogP contribution in [-0.4, -0.2) is 22.1 Å². The highest BCUT2D eigenvalue weighted by Crippen LogP contribution is 2.29. The lowest BCUT2D eigenvalue weighted by molar-refractivity contribution is -0.386. The average Bonchev–Trinajstić information content (AvgIpc) is 2.64. The monoisotopic (exact) mass is 237 g/mol. The van der Waals surface area contributed by atoms with Crippen LogP contribution in [0, 0.1) is 17.0 Å². The van der Waals surface area contributed by atoms with Crippen LogP contribution >= 0.6 is 0 Å². The van der Waals surface area contributed by atoms with Gasteiger partial charge in [-0.15, -0.1) is 0 Å². The van der Waals surface area contributed by atoms with Gasteiger partial charge in [-0.1, -0.05) is 0 Å². The van der Waals surface area contributed by atoms with Gasteiger partial charge in [0.1, 0.15) is 6.10 Å². The third-order valence-electron chi connectivity index (χ3n) is 2.94. The summed E-state index contributed by atoms with van der Waals surface area (Å²) in [7, 11) is 0. The molecule has 0 aromatic carbocycles. The molecule has 17 heavy (non-hydrogen) atoms. The number of rotatable bonds is 3. The molecular weight excluding hydrogens is 222 g/mol. The molecule has 1 aromatic heterocycles. The Morgan fingerprint density at radius 1 is 1.53 bits per heavy atom. The van der Waals surface area contributed by atoms with Crippen molar-refractivity contribution in [3.05, 3.63) is 27.9 Å². The van der Waals surface area contributed by atoms with Gasteiger partial charge in [-0.3, -0.25) is 10.1 Å². The highest BCUT2D eigenvalue weighted by atomic mass is 16.6. The van der Waals surface area contributed by atoms with E-state index >= 15 is 0 Å². The fourth-order valence-electron chi connectivity index (χ4n) is 2.00. The zero-order valence-corrected chi connectivity index (χ0v) is 9.63. The molecule has 1 aliphatic carbocycles. The minimum atomic E-state index is -0.484. The predicted molar refractivity (Wildman–Crippen MR) is 61.9 cm³/mol. The van der Waals surface area contributed by atoms with E-state index < -0.39 is 4.92 Å². The molecule has 0 saturated heterocycles. The Kier molecular flexibility index (Phi) is 3.23. The Morgan fingerprint density at radius 2 is 2.29 bits per heavy atom. The van der Waals surface area contributed by atoms with Gasteiger partial charge in [0.25, 0.3) is 5.88 Å². The largest absolute Gasteiger partial charge is 0.468 e. The van der Waals surface area contributed by atoms with Crippen molar-refractivity contribution in [1.29, 1.82) is 0 Å². The number of aryl methyl sites for hydroxylation is 1. The number of nitrogens with zero attached hydrogens (tertiary/aromatic N) is 2. The van der Waals surface area contributed by atoms with E-state index in [0.29, 0.717) is 5.69 Å². The summed E-state index contributed by atoms with van der Waals surface area (Å²) in [5.41, 5.74) is 6.46. The maximum absolute atomic E-state index is 10.8. The molecular formula is C11H15N3O3. The molecule has 92 valence electrons. The number of hydrogen-bond acceptors (Lipinski definition) is 5. The molecule has 0 amide bonds. The Balaban J connectivity index is 2.24. The second kappa shape index (κ2) is 4.67. The van der Waals surface area contributed by atoms with Crippen molar-refractivity contribution in [2.45, 2.75) is 38.3 Å². The van der Waals surface area contributed by atoms with Crippen molar-refractivity contribution in [3.63, 3.8) is 0 Å². The van der Waals surface area contributed by atoms with Crippen LogP contribution in [0.1, 0.15) is 25.0 Å². The van der Waals surface area contributed by atoms with Crippen LogP contribution in [0.3, 0.4) is 0 Å². The summed E-state index contributed by atoms with van der Waals surface area (Å²) in [6.45, 7) is 1.77. The summed E-state index contributed by atoms with van der Waals surface area (Å²) in [4.78, 5) is 14.4. The second-order valence-corrected chi connectivity index (χ2v) is 4.29. The standard InChI is InChI=1S/C11H15N3O3/c1-7-5-6-9(14(15)16)11(13-7)17-10-4-2-3-8(10)12/h5-6,8,10H,2-4,12H2,1H3. The quantitative estimate of drug-likeness (QED) is 0.636. The molecule has 1 aromatic rings. The van der Waals surface area contributed by atoms with E-state index in [1.807, 2.05) is 0 Å². The lowest BCUT2D eigenvalue weighted by Gasteiger charge is -2.16. The topological polar surface area (TPSA) is 91.3 Å². The van der Waals surface area contributed by atoms with Crippen LogP contribution in [0.15, 0.2) is 12.1 Å². The summed E-state index contributed by atoms with van der Waals surface area (Å²) in [5.74, 6) is 0.0809. The molecule has 0 spiro atoms. The van der Waals surface area contributed by atoms with Crippen LogP contribution in [0.4, 0.5) is 5.69 Å². The first kappa shape index (κ1) is 11.8. The van der Waals surface area contributed by atoms with Crippen LogP contribution in [0.2, 0.25) is 0 Å². The van der Waals surface area contributed by atoms with Gasteiger partial charge in [-0.25, -0.2) is 4.98 Å². The molecule has 1 saturated carbocycles. The number of ether oxygens (including phenoxy) is 1. The van der Waals surface area contributed by atoms with E-state index in [-0.39, 0.29) is 23.7 Å². The fraction of sp³-hybridized carbons (Fsp3) is 0.545. The van der Waals surface area contributed by atoms with Gasteiger partial charge >= 0.3 is 5.69 Å². The molecule has 2 atom stereocenters. The van der Waals surface area contributed by atoms with Crippen molar-refractivity contribution in [1.82, 2.24) is 4.98 Å². The SMILES string of the molecule is Cc1ccc([N+](=O)[O-])c(OC2CCCC2N)n1. The third-order valence-corrected chi connectivity index (χ3v) is 2.94. The molecule has 0 bridgehead atoms. The molecule has 1 aliphatic rings. The lowest BCUT2D eigenvalue weighted by Crippen LogP contribution is -2.34. The van der Waals surface area contributed by atoms with E-state index in [0.717, 1.165) is 19.3 Å². The van der Waals surface area contributed by atoms with E-state index in [4.69, 9.17) is 10.5 Å². The van der Waals surface area contributed by atoms with Crippen LogP contribution in [-0.2, 0) is 0 Å². The zero-order chi connectivity index (χ0) is 12.4. The van der Waals surface area contributed by atoms with E-state index in [1.54, 1.807) is 13.0 Å². The predicted octanol–water partition coefficient (Wildman–Crippen LogP) is 1.56. The summed E-state index contributed by atoms with van der Waals surface area (Å²) in [6, 6.07) is 2.95. The minimum absolute atomic E-state index is 0.0584. The second-order valence-electron chi connectivity index (χ2n) is 4.29. The van der Waals surface area contributed by atoms with E-state index in [2.05, 4.69) is 4.98 Å².